The maximum atomic E-state index is 5.71. The fourth-order valence-electron chi connectivity index (χ4n) is 1.16. The number of H-pyrrole nitrogens is 1. The Morgan fingerprint density at radius 3 is 2.58 bits per heavy atom. The molecule has 0 saturated heterocycles. The molecule has 0 aliphatic heterocycles. The van der Waals surface area contributed by atoms with Gasteiger partial charge in [-0.05, 0) is 33.2 Å². The van der Waals surface area contributed by atoms with Gasteiger partial charge in [-0.3, -0.25) is 0 Å². The minimum Gasteiger partial charge on any atom is -0.360 e. The van der Waals surface area contributed by atoms with Gasteiger partial charge in [-0.15, -0.1) is 0 Å². The molecule has 3 heteroatoms. The van der Waals surface area contributed by atoms with Gasteiger partial charge in [-0.1, -0.05) is 0 Å². The van der Waals surface area contributed by atoms with Crippen molar-refractivity contribution in [3.05, 3.63) is 23.5 Å². The molecular weight excluding hydrogens is 150 g/mol. The van der Waals surface area contributed by atoms with Gasteiger partial charge in [0.2, 0.25) is 0 Å². The predicted octanol–water partition coefficient (Wildman–Crippen LogP) is 1.10. The summed E-state index contributed by atoms with van der Waals surface area (Å²) in [4.78, 5) is 5.40. The summed E-state index contributed by atoms with van der Waals surface area (Å²) in [7, 11) is 4.10. The quantitative estimate of drug-likeness (QED) is 0.708. The first-order valence-corrected chi connectivity index (χ1v) is 4.17. The average Bonchev–Trinajstić information content (AvgIpc) is 2.34. The van der Waals surface area contributed by atoms with Crippen LogP contribution in [0.4, 0.5) is 0 Å². The van der Waals surface area contributed by atoms with E-state index in [-0.39, 0.29) is 6.04 Å². The number of nitrogens with two attached hydrogens (primary N) is 1. The van der Waals surface area contributed by atoms with Crippen molar-refractivity contribution >= 4 is 0 Å². The number of rotatable bonds is 3. The summed E-state index contributed by atoms with van der Waals surface area (Å²) in [6.45, 7) is 2.91. The Balaban J connectivity index is 2.64. The maximum Gasteiger partial charge on any atom is 0.0419 e. The molecule has 12 heavy (non-hydrogen) atoms. The lowest BCUT2D eigenvalue weighted by Crippen LogP contribution is -2.11. The molecule has 0 bridgehead atoms. The van der Waals surface area contributed by atoms with Gasteiger partial charge in [0.05, 0.1) is 0 Å². The van der Waals surface area contributed by atoms with Crippen LogP contribution in [-0.2, 0) is 6.54 Å². The van der Waals surface area contributed by atoms with Crippen molar-refractivity contribution in [2.75, 3.05) is 14.1 Å². The van der Waals surface area contributed by atoms with Crippen LogP contribution in [-0.4, -0.2) is 24.0 Å². The van der Waals surface area contributed by atoms with Crippen molar-refractivity contribution in [3.8, 4) is 0 Å². The summed E-state index contributed by atoms with van der Waals surface area (Å²) in [5, 5.41) is 0. The molecule has 3 N–H and O–H groups in total. The van der Waals surface area contributed by atoms with Crippen molar-refractivity contribution < 1.29 is 0 Å². The summed E-state index contributed by atoms with van der Waals surface area (Å²) >= 11 is 0. The zero-order valence-electron chi connectivity index (χ0n) is 7.96. The Hall–Kier alpha value is -0.800. The molecule has 0 amide bonds. The molecule has 0 fully saturated rings. The SMILES string of the molecule is CC(N)c1ccc(CN(C)C)[nH]1. The van der Waals surface area contributed by atoms with E-state index in [1.165, 1.54) is 5.69 Å². The summed E-state index contributed by atoms with van der Waals surface area (Å²) in [5.41, 5.74) is 8.03. The van der Waals surface area contributed by atoms with Gasteiger partial charge in [0.25, 0.3) is 0 Å². The number of nitrogens with one attached hydrogen (secondary N) is 1. The van der Waals surface area contributed by atoms with Crippen LogP contribution in [0.3, 0.4) is 0 Å². The highest BCUT2D eigenvalue weighted by atomic mass is 15.1. The van der Waals surface area contributed by atoms with Crippen LogP contribution in [0.5, 0.6) is 0 Å². The zero-order chi connectivity index (χ0) is 9.14. The van der Waals surface area contributed by atoms with Crippen LogP contribution < -0.4 is 5.73 Å². The predicted molar refractivity (Wildman–Crippen MR) is 50.8 cm³/mol. The molecule has 0 aromatic carbocycles. The van der Waals surface area contributed by atoms with Crippen LogP contribution in [0.15, 0.2) is 12.1 Å². The standard InChI is InChI=1S/C9H17N3/c1-7(10)9-5-4-8(11-9)6-12(2)3/h4-5,7,11H,6,10H2,1-3H3. The molecule has 0 aliphatic rings. The first-order chi connectivity index (χ1) is 5.59. The number of hydrogen-bond donors (Lipinski definition) is 2. The minimum absolute atomic E-state index is 0.0981. The Morgan fingerprint density at radius 2 is 2.17 bits per heavy atom. The van der Waals surface area contributed by atoms with E-state index >= 15 is 0 Å². The summed E-state index contributed by atoms with van der Waals surface area (Å²) < 4.78 is 0. The minimum atomic E-state index is 0.0981. The van der Waals surface area contributed by atoms with Crippen LogP contribution in [0.2, 0.25) is 0 Å². The van der Waals surface area contributed by atoms with Crippen LogP contribution in [0.1, 0.15) is 24.4 Å². The highest BCUT2D eigenvalue weighted by Gasteiger charge is 2.02. The zero-order valence-corrected chi connectivity index (χ0v) is 7.96. The molecule has 0 saturated carbocycles. The number of aromatic amines is 1. The third-order valence-corrected chi connectivity index (χ3v) is 1.75. The second kappa shape index (κ2) is 3.74. The largest absolute Gasteiger partial charge is 0.360 e. The van der Waals surface area contributed by atoms with E-state index in [0.29, 0.717) is 0 Å². The van der Waals surface area contributed by atoms with E-state index in [1.807, 2.05) is 27.1 Å². The van der Waals surface area contributed by atoms with Gasteiger partial charge in [0, 0.05) is 24.0 Å². The number of hydrogen-bond acceptors (Lipinski definition) is 2. The molecule has 1 atom stereocenters. The lowest BCUT2D eigenvalue weighted by atomic mass is 10.3. The van der Waals surface area contributed by atoms with Gasteiger partial charge in [-0.25, -0.2) is 0 Å². The van der Waals surface area contributed by atoms with Crippen molar-refractivity contribution in [3.63, 3.8) is 0 Å². The Kier molecular flexibility index (Phi) is 2.89. The second-order valence-corrected chi connectivity index (χ2v) is 3.47. The van der Waals surface area contributed by atoms with Crippen LogP contribution >= 0.6 is 0 Å². The first-order valence-electron chi connectivity index (χ1n) is 4.17. The van der Waals surface area contributed by atoms with Crippen molar-refractivity contribution in [1.82, 2.24) is 9.88 Å². The van der Waals surface area contributed by atoms with Crippen molar-refractivity contribution in [1.29, 1.82) is 0 Å². The third-order valence-electron chi connectivity index (χ3n) is 1.75. The van der Waals surface area contributed by atoms with Gasteiger partial charge < -0.3 is 15.6 Å². The fraction of sp³-hybridized carbons (Fsp3) is 0.556. The average molecular weight is 167 g/mol. The van der Waals surface area contributed by atoms with Gasteiger partial charge in [0.1, 0.15) is 0 Å². The first kappa shape index (κ1) is 9.29. The van der Waals surface area contributed by atoms with E-state index in [0.717, 1.165) is 12.2 Å². The van der Waals surface area contributed by atoms with E-state index in [4.69, 9.17) is 5.73 Å². The summed E-state index contributed by atoms with van der Waals surface area (Å²) in [6.07, 6.45) is 0. The highest BCUT2D eigenvalue weighted by Crippen LogP contribution is 2.09. The monoisotopic (exact) mass is 167 g/mol. The fourth-order valence-corrected chi connectivity index (χ4v) is 1.16. The topological polar surface area (TPSA) is 45.0 Å². The molecule has 3 nitrogen and oxygen atoms in total. The lowest BCUT2D eigenvalue weighted by Gasteiger charge is -2.07. The molecule has 0 aliphatic carbocycles. The Bertz CT molecular complexity index is 238. The lowest BCUT2D eigenvalue weighted by molar-refractivity contribution is 0.397. The molecule has 68 valence electrons. The number of aromatic nitrogens is 1. The highest BCUT2D eigenvalue weighted by molar-refractivity contribution is 5.15. The molecule has 1 aromatic rings. The van der Waals surface area contributed by atoms with E-state index in [2.05, 4.69) is 16.0 Å². The molecule has 1 rings (SSSR count). The maximum absolute atomic E-state index is 5.71. The van der Waals surface area contributed by atoms with E-state index in [9.17, 15) is 0 Å². The molecule has 0 spiro atoms. The van der Waals surface area contributed by atoms with Gasteiger partial charge in [0.15, 0.2) is 0 Å². The van der Waals surface area contributed by atoms with Crippen molar-refractivity contribution in [2.45, 2.75) is 19.5 Å². The molecular formula is C9H17N3. The number of nitrogens with zero attached hydrogens (tertiary/aromatic N) is 1. The Labute approximate surface area is 73.6 Å². The third kappa shape index (κ3) is 2.36. The van der Waals surface area contributed by atoms with Gasteiger partial charge >= 0.3 is 0 Å². The summed E-state index contributed by atoms with van der Waals surface area (Å²) in [5.74, 6) is 0. The van der Waals surface area contributed by atoms with Gasteiger partial charge in [-0.2, -0.15) is 0 Å². The van der Waals surface area contributed by atoms with Crippen LogP contribution in [0, 0.1) is 0 Å². The van der Waals surface area contributed by atoms with E-state index < -0.39 is 0 Å². The van der Waals surface area contributed by atoms with Crippen molar-refractivity contribution in [2.24, 2.45) is 5.73 Å². The Morgan fingerprint density at radius 1 is 1.50 bits per heavy atom. The smallest absolute Gasteiger partial charge is 0.0419 e. The molecule has 0 radical (unpaired) electrons. The van der Waals surface area contributed by atoms with Crippen LogP contribution in [0.25, 0.3) is 0 Å². The second-order valence-electron chi connectivity index (χ2n) is 3.47. The summed E-state index contributed by atoms with van der Waals surface area (Å²) in [6, 6.07) is 4.23. The molecule has 1 aromatic heterocycles. The molecule has 1 heterocycles. The molecule has 1 unspecified atom stereocenters. The normalized spacial score (nSPS) is 13.8. The van der Waals surface area contributed by atoms with E-state index in [1.54, 1.807) is 0 Å².